The van der Waals surface area contributed by atoms with Gasteiger partial charge in [0.05, 0.1) is 0 Å². The maximum absolute atomic E-state index is 11.8. The Morgan fingerprint density at radius 3 is 2.44 bits per heavy atom. The Balaban J connectivity index is 0. The summed E-state index contributed by atoms with van der Waals surface area (Å²) in [6, 6.07) is 0. The van der Waals surface area contributed by atoms with E-state index < -0.39 is 0 Å². The van der Waals surface area contributed by atoms with Crippen molar-refractivity contribution in [2.45, 2.75) is 40.0 Å². The molecule has 4 heteroatoms. The minimum Gasteiger partial charge on any atom is -0.343 e. The van der Waals surface area contributed by atoms with Crippen molar-refractivity contribution >= 4 is 18.3 Å². The van der Waals surface area contributed by atoms with E-state index in [9.17, 15) is 4.79 Å². The molecule has 0 radical (unpaired) electrons. The SMILES string of the molecule is CCC(C)CN(CC)C(=O)CCCNC.Cl. The molecule has 0 saturated carbocycles. The smallest absolute Gasteiger partial charge is 0.222 e. The average Bonchev–Trinajstić information content (AvgIpc) is 2.25. The fraction of sp³-hybridized carbons (Fsp3) is 0.917. The molecule has 98 valence electrons. The predicted molar refractivity (Wildman–Crippen MR) is 72.1 cm³/mol. The van der Waals surface area contributed by atoms with Gasteiger partial charge in [0.15, 0.2) is 0 Å². The van der Waals surface area contributed by atoms with Crippen LogP contribution in [0.2, 0.25) is 0 Å². The van der Waals surface area contributed by atoms with Crippen LogP contribution in [0.5, 0.6) is 0 Å². The average molecular weight is 251 g/mol. The zero-order chi connectivity index (χ0) is 11.7. The van der Waals surface area contributed by atoms with Gasteiger partial charge in [-0.2, -0.15) is 0 Å². The van der Waals surface area contributed by atoms with Gasteiger partial charge in [0.2, 0.25) is 5.91 Å². The summed E-state index contributed by atoms with van der Waals surface area (Å²) in [5.41, 5.74) is 0. The van der Waals surface area contributed by atoms with Crippen LogP contribution in [-0.2, 0) is 4.79 Å². The highest BCUT2D eigenvalue weighted by Gasteiger charge is 2.13. The van der Waals surface area contributed by atoms with Crippen molar-refractivity contribution in [2.24, 2.45) is 5.92 Å². The molecule has 3 nitrogen and oxygen atoms in total. The fourth-order valence-electron chi connectivity index (χ4n) is 1.49. The van der Waals surface area contributed by atoms with Crippen LogP contribution in [0.1, 0.15) is 40.0 Å². The molecule has 1 N–H and O–H groups in total. The van der Waals surface area contributed by atoms with Crippen LogP contribution in [0.15, 0.2) is 0 Å². The number of rotatable bonds is 8. The van der Waals surface area contributed by atoms with Gasteiger partial charge in [-0.15, -0.1) is 12.4 Å². The largest absolute Gasteiger partial charge is 0.343 e. The van der Waals surface area contributed by atoms with E-state index in [1.165, 1.54) is 0 Å². The van der Waals surface area contributed by atoms with E-state index in [2.05, 4.69) is 26.1 Å². The third-order valence-electron chi connectivity index (χ3n) is 2.78. The normalized spacial score (nSPS) is 11.8. The first-order valence-electron chi connectivity index (χ1n) is 6.08. The fourth-order valence-corrected chi connectivity index (χ4v) is 1.49. The number of halogens is 1. The minimum absolute atomic E-state index is 0. The van der Waals surface area contributed by atoms with Gasteiger partial charge < -0.3 is 10.2 Å². The van der Waals surface area contributed by atoms with Crippen LogP contribution in [0.4, 0.5) is 0 Å². The van der Waals surface area contributed by atoms with E-state index in [1.54, 1.807) is 0 Å². The standard InChI is InChI=1S/C12H26N2O.ClH/c1-5-11(3)10-14(6-2)12(15)8-7-9-13-4;/h11,13H,5-10H2,1-4H3;1H. The van der Waals surface area contributed by atoms with E-state index in [4.69, 9.17) is 0 Å². The first-order valence-corrected chi connectivity index (χ1v) is 6.08. The van der Waals surface area contributed by atoms with Crippen molar-refractivity contribution in [3.8, 4) is 0 Å². The van der Waals surface area contributed by atoms with Crippen LogP contribution >= 0.6 is 12.4 Å². The first-order chi connectivity index (χ1) is 7.15. The van der Waals surface area contributed by atoms with E-state index in [-0.39, 0.29) is 12.4 Å². The molecule has 1 atom stereocenters. The van der Waals surface area contributed by atoms with E-state index in [0.717, 1.165) is 32.5 Å². The lowest BCUT2D eigenvalue weighted by Crippen LogP contribution is -2.34. The van der Waals surface area contributed by atoms with Gasteiger partial charge in [0, 0.05) is 19.5 Å². The highest BCUT2D eigenvalue weighted by Crippen LogP contribution is 2.06. The molecule has 1 unspecified atom stereocenters. The van der Waals surface area contributed by atoms with Crippen LogP contribution in [0, 0.1) is 5.92 Å². The summed E-state index contributed by atoms with van der Waals surface area (Å²) in [6.07, 6.45) is 2.75. The lowest BCUT2D eigenvalue weighted by molar-refractivity contribution is -0.131. The molecule has 0 aromatic rings. The Bertz CT molecular complexity index is 176. The van der Waals surface area contributed by atoms with Gasteiger partial charge >= 0.3 is 0 Å². The van der Waals surface area contributed by atoms with Gasteiger partial charge in [0.1, 0.15) is 0 Å². The van der Waals surface area contributed by atoms with Gasteiger partial charge in [-0.3, -0.25) is 4.79 Å². The number of amides is 1. The summed E-state index contributed by atoms with van der Waals surface area (Å²) >= 11 is 0. The lowest BCUT2D eigenvalue weighted by Gasteiger charge is -2.24. The molecule has 0 bridgehead atoms. The second kappa shape index (κ2) is 11.2. The van der Waals surface area contributed by atoms with Crippen molar-refractivity contribution < 1.29 is 4.79 Å². The van der Waals surface area contributed by atoms with Crippen molar-refractivity contribution in [1.29, 1.82) is 0 Å². The number of hydrogen-bond acceptors (Lipinski definition) is 2. The topological polar surface area (TPSA) is 32.3 Å². The Morgan fingerprint density at radius 1 is 1.38 bits per heavy atom. The van der Waals surface area contributed by atoms with Crippen molar-refractivity contribution in [3.05, 3.63) is 0 Å². The van der Waals surface area contributed by atoms with Crippen molar-refractivity contribution in [3.63, 3.8) is 0 Å². The molecule has 0 aliphatic rings. The van der Waals surface area contributed by atoms with Crippen LogP contribution in [0.3, 0.4) is 0 Å². The molecule has 0 aliphatic carbocycles. The van der Waals surface area contributed by atoms with Crippen molar-refractivity contribution in [1.82, 2.24) is 10.2 Å². The highest BCUT2D eigenvalue weighted by atomic mass is 35.5. The van der Waals surface area contributed by atoms with Crippen LogP contribution in [-0.4, -0.2) is 37.5 Å². The van der Waals surface area contributed by atoms with Crippen LogP contribution < -0.4 is 5.32 Å². The molecular weight excluding hydrogens is 224 g/mol. The first kappa shape index (κ1) is 18.1. The summed E-state index contributed by atoms with van der Waals surface area (Å²) in [7, 11) is 1.92. The van der Waals surface area contributed by atoms with E-state index >= 15 is 0 Å². The summed E-state index contributed by atoms with van der Waals surface area (Å²) in [4.78, 5) is 13.8. The van der Waals surface area contributed by atoms with Crippen LogP contribution in [0.25, 0.3) is 0 Å². The molecule has 0 aromatic heterocycles. The Kier molecular flexibility index (Phi) is 12.7. The highest BCUT2D eigenvalue weighted by molar-refractivity contribution is 5.85. The Hall–Kier alpha value is -0.280. The molecular formula is C12H27ClN2O. The predicted octanol–water partition coefficient (Wildman–Crippen LogP) is 2.30. The number of carbonyl (C=O) groups excluding carboxylic acids is 1. The molecule has 1 amide bonds. The quantitative estimate of drug-likeness (QED) is 0.671. The third kappa shape index (κ3) is 7.94. The summed E-state index contributed by atoms with van der Waals surface area (Å²) in [5.74, 6) is 0.909. The van der Waals surface area contributed by atoms with Gasteiger partial charge in [-0.05, 0) is 32.9 Å². The number of carbonyl (C=O) groups is 1. The maximum atomic E-state index is 11.8. The van der Waals surface area contributed by atoms with Gasteiger partial charge in [-0.25, -0.2) is 0 Å². The maximum Gasteiger partial charge on any atom is 0.222 e. The second-order valence-electron chi connectivity index (χ2n) is 4.15. The second-order valence-corrected chi connectivity index (χ2v) is 4.15. The molecule has 0 fully saturated rings. The Labute approximate surface area is 106 Å². The summed E-state index contributed by atoms with van der Waals surface area (Å²) < 4.78 is 0. The molecule has 0 aliphatic heterocycles. The molecule has 0 aromatic carbocycles. The zero-order valence-electron chi connectivity index (χ0n) is 11.1. The van der Waals surface area contributed by atoms with E-state index in [0.29, 0.717) is 18.2 Å². The zero-order valence-corrected chi connectivity index (χ0v) is 11.9. The molecule has 16 heavy (non-hydrogen) atoms. The van der Waals surface area contributed by atoms with Gasteiger partial charge in [0.25, 0.3) is 0 Å². The molecule has 0 rings (SSSR count). The summed E-state index contributed by atoms with van der Waals surface area (Å²) in [5, 5.41) is 3.06. The lowest BCUT2D eigenvalue weighted by atomic mass is 10.1. The minimum atomic E-state index is 0. The number of hydrogen-bond donors (Lipinski definition) is 1. The monoisotopic (exact) mass is 250 g/mol. The summed E-state index contributed by atoms with van der Waals surface area (Å²) in [6.45, 7) is 9.09. The van der Waals surface area contributed by atoms with Gasteiger partial charge in [-0.1, -0.05) is 20.3 Å². The third-order valence-corrected chi connectivity index (χ3v) is 2.78. The number of nitrogens with zero attached hydrogens (tertiary/aromatic N) is 1. The molecule has 0 spiro atoms. The van der Waals surface area contributed by atoms with E-state index in [1.807, 2.05) is 11.9 Å². The number of nitrogens with one attached hydrogen (secondary N) is 1. The Morgan fingerprint density at radius 2 is 2.00 bits per heavy atom. The molecule has 0 heterocycles. The molecule has 0 saturated heterocycles. The van der Waals surface area contributed by atoms with Crippen molar-refractivity contribution in [2.75, 3.05) is 26.7 Å².